The van der Waals surface area contributed by atoms with E-state index in [1.165, 1.54) is 12.1 Å². The highest BCUT2D eigenvalue weighted by atomic mass is 19.1. The first-order valence-electron chi connectivity index (χ1n) is 10.5. The lowest BCUT2D eigenvalue weighted by molar-refractivity contribution is -0.130. The molecule has 2 aromatic carbocycles. The van der Waals surface area contributed by atoms with Crippen LogP contribution < -0.4 is 4.90 Å². The maximum atomic E-state index is 13.1. The van der Waals surface area contributed by atoms with Crippen molar-refractivity contribution in [2.45, 2.75) is 19.8 Å². The lowest BCUT2D eigenvalue weighted by atomic mass is 10.1. The first kappa shape index (κ1) is 19.4. The summed E-state index contributed by atoms with van der Waals surface area (Å²) in [4.78, 5) is 21.8. The van der Waals surface area contributed by atoms with Gasteiger partial charge in [0.1, 0.15) is 11.6 Å². The Balaban J connectivity index is 1.39. The van der Waals surface area contributed by atoms with Crippen LogP contribution in [0.1, 0.15) is 17.8 Å². The molecule has 0 unspecified atom stereocenters. The number of para-hydroxylation sites is 1. The van der Waals surface area contributed by atoms with Gasteiger partial charge in [-0.05, 0) is 43.2 Å². The van der Waals surface area contributed by atoms with Gasteiger partial charge in [-0.1, -0.05) is 24.3 Å². The molecule has 0 saturated carbocycles. The van der Waals surface area contributed by atoms with Crippen molar-refractivity contribution in [2.24, 2.45) is 0 Å². The number of hydrogen-bond acceptors (Lipinski definition) is 5. The molecule has 7 nitrogen and oxygen atoms in total. The maximum absolute atomic E-state index is 13.1. The average molecular weight is 418 g/mol. The third-order valence-corrected chi connectivity index (χ3v) is 5.79. The number of aryl methyl sites for hydroxylation is 1. The molecule has 5 rings (SSSR count). The van der Waals surface area contributed by atoms with Gasteiger partial charge in [-0.25, -0.2) is 13.8 Å². The Labute approximate surface area is 179 Å². The second-order valence-corrected chi connectivity index (χ2v) is 7.86. The minimum absolute atomic E-state index is 0.0607. The summed E-state index contributed by atoms with van der Waals surface area (Å²) >= 11 is 0. The standard InChI is InChI=1S/C23H23FN6O/c1-16-26-27-22-19-5-2-3-6-20(19)25-23(30(16)22)29-12-4-11-28(13-14-29)21(31)15-17-7-9-18(24)10-8-17/h2-3,5-10H,4,11-15H2,1H3. The van der Waals surface area contributed by atoms with Gasteiger partial charge in [-0.15, -0.1) is 10.2 Å². The van der Waals surface area contributed by atoms with E-state index in [-0.39, 0.29) is 18.1 Å². The number of aromatic nitrogens is 4. The maximum Gasteiger partial charge on any atom is 0.227 e. The molecule has 3 heterocycles. The number of anilines is 1. The summed E-state index contributed by atoms with van der Waals surface area (Å²) in [5.41, 5.74) is 2.50. The van der Waals surface area contributed by atoms with Crippen molar-refractivity contribution >= 4 is 28.4 Å². The first-order chi connectivity index (χ1) is 15.1. The van der Waals surface area contributed by atoms with Gasteiger partial charge < -0.3 is 9.80 Å². The van der Waals surface area contributed by atoms with E-state index in [2.05, 4.69) is 15.1 Å². The molecule has 1 amide bonds. The quantitative estimate of drug-likeness (QED) is 0.512. The third kappa shape index (κ3) is 3.69. The van der Waals surface area contributed by atoms with Crippen molar-refractivity contribution < 1.29 is 9.18 Å². The van der Waals surface area contributed by atoms with Crippen LogP contribution in [0.4, 0.5) is 10.3 Å². The van der Waals surface area contributed by atoms with Crippen molar-refractivity contribution in [3.05, 3.63) is 65.7 Å². The van der Waals surface area contributed by atoms with E-state index in [0.717, 1.165) is 46.9 Å². The Kier molecular flexibility index (Phi) is 4.97. The number of rotatable bonds is 3. The first-order valence-corrected chi connectivity index (χ1v) is 10.5. The molecule has 0 radical (unpaired) electrons. The normalized spacial score (nSPS) is 14.9. The van der Waals surface area contributed by atoms with Crippen molar-refractivity contribution in [3.8, 4) is 0 Å². The number of nitrogens with zero attached hydrogens (tertiary/aromatic N) is 6. The van der Waals surface area contributed by atoms with E-state index in [9.17, 15) is 9.18 Å². The number of benzene rings is 2. The van der Waals surface area contributed by atoms with Gasteiger partial charge in [-0.3, -0.25) is 4.79 Å². The summed E-state index contributed by atoms with van der Waals surface area (Å²) < 4.78 is 15.1. The number of carbonyl (C=O) groups is 1. The summed E-state index contributed by atoms with van der Waals surface area (Å²) in [6, 6.07) is 14.1. The van der Waals surface area contributed by atoms with Gasteiger partial charge in [-0.2, -0.15) is 0 Å². The Hall–Kier alpha value is -3.55. The smallest absolute Gasteiger partial charge is 0.227 e. The molecule has 0 N–H and O–H groups in total. The summed E-state index contributed by atoms with van der Waals surface area (Å²) in [6.45, 7) is 4.69. The average Bonchev–Trinajstić information content (AvgIpc) is 3.01. The summed E-state index contributed by atoms with van der Waals surface area (Å²) in [5, 5.41) is 9.62. The molecule has 0 aliphatic carbocycles. The summed E-state index contributed by atoms with van der Waals surface area (Å²) in [7, 11) is 0. The number of carbonyl (C=O) groups excluding carboxylic acids is 1. The molecule has 0 atom stereocenters. The molecule has 0 spiro atoms. The van der Waals surface area contributed by atoms with Gasteiger partial charge in [0, 0.05) is 31.6 Å². The zero-order chi connectivity index (χ0) is 21.4. The highest BCUT2D eigenvalue weighted by molar-refractivity contribution is 5.92. The highest BCUT2D eigenvalue weighted by Gasteiger charge is 2.23. The Bertz CT molecular complexity index is 1250. The molecular formula is C23H23FN6O. The molecule has 1 aliphatic heterocycles. The number of amides is 1. The Morgan fingerprint density at radius 2 is 1.81 bits per heavy atom. The van der Waals surface area contributed by atoms with E-state index >= 15 is 0 Å². The predicted octanol–water partition coefficient (Wildman–Crippen LogP) is 3.01. The molecular weight excluding hydrogens is 395 g/mol. The van der Waals surface area contributed by atoms with Crippen LogP contribution in [0.5, 0.6) is 0 Å². The van der Waals surface area contributed by atoms with Crippen molar-refractivity contribution in [1.82, 2.24) is 24.5 Å². The van der Waals surface area contributed by atoms with Gasteiger partial charge in [0.15, 0.2) is 5.65 Å². The monoisotopic (exact) mass is 418 g/mol. The molecule has 1 saturated heterocycles. The van der Waals surface area contributed by atoms with Crippen LogP contribution in [0.2, 0.25) is 0 Å². The highest BCUT2D eigenvalue weighted by Crippen LogP contribution is 2.24. The van der Waals surface area contributed by atoms with Crippen molar-refractivity contribution in [1.29, 1.82) is 0 Å². The van der Waals surface area contributed by atoms with Crippen LogP contribution in [-0.2, 0) is 11.2 Å². The van der Waals surface area contributed by atoms with Crippen LogP contribution in [0.3, 0.4) is 0 Å². The zero-order valence-electron chi connectivity index (χ0n) is 17.3. The van der Waals surface area contributed by atoms with Crippen molar-refractivity contribution in [2.75, 3.05) is 31.1 Å². The van der Waals surface area contributed by atoms with Crippen LogP contribution in [0.15, 0.2) is 48.5 Å². The molecule has 2 aromatic heterocycles. The summed E-state index contributed by atoms with van der Waals surface area (Å²) in [5.74, 6) is 1.37. The van der Waals surface area contributed by atoms with Crippen LogP contribution >= 0.6 is 0 Å². The van der Waals surface area contributed by atoms with Crippen LogP contribution in [0.25, 0.3) is 16.6 Å². The van der Waals surface area contributed by atoms with Crippen LogP contribution in [-0.4, -0.2) is 56.6 Å². The molecule has 158 valence electrons. The fourth-order valence-electron chi connectivity index (χ4n) is 4.16. The fourth-order valence-corrected chi connectivity index (χ4v) is 4.16. The zero-order valence-corrected chi connectivity index (χ0v) is 17.3. The Morgan fingerprint density at radius 1 is 1.00 bits per heavy atom. The lowest BCUT2D eigenvalue weighted by Crippen LogP contribution is -2.36. The van der Waals surface area contributed by atoms with Gasteiger partial charge >= 0.3 is 0 Å². The fraction of sp³-hybridized carbons (Fsp3) is 0.304. The van der Waals surface area contributed by atoms with E-state index in [1.54, 1.807) is 12.1 Å². The van der Waals surface area contributed by atoms with E-state index in [0.29, 0.717) is 19.6 Å². The molecule has 4 aromatic rings. The van der Waals surface area contributed by atoms with E-state index < -0.39 is 0 Å². The number of hydrogen-bond donors (Lipinski definition) is 0. The largest absolute Gasteiger partial charge is 0.341 e. The van der Waals surface area contributed by atoms with Crippen LogP contribution in [0, 0.1) is 12.7 Å². The second kappa shape index (κ2) is 7.94. The molecule has 31 heavy (non-hydrogen) atoms. The van der Waals surface area contributed by atoms with E-state index in [1.807, 2.05) is 40.5 Å². The predicted molar refractivity (Wildman–Crippen MR) is 117 cm³/mol. The lowest BCUT2D eigenvalue weighted by Gasteiger charge is -2.24. The molecule has 0 bridgehead atoms. The van der Waals surface area contributed by atoms with Gasteiger partial charge in [0.05, 0.1) is 11.9 Å². The number of fused-ring (bicyclic) bond motifs is 3. The molecule has 1 aliphatic rings. The van der Waals surface area contributed by atoms with Gasteiger partial charge in [0.2, 0.25) is 11.9 Å². The summed E-state index contributed by atoms with van der Waals surface area (Å²) in [6.07, 6.45) is 1.12. The Morgan fingerprint density at radius 3 is 2.65 bits per heavy atom. The topological polar surface area (TPSA) is 66.6 Å². The minimum Gasteiger partial charge on any atom is -0.341 e. The molecule has 8 heteroatoms. The minimum atomic E-state index is -0.292. The third-order valence-electron chi connectivity index (χ3n) is 5.79. The molecule has 1 fully saturated rings. The van der Waals surface area contributed by atoms with Crippen molar-refractivity contribution in [3.63, 3.8) is 0 Å². The second-order valence-electron chi connectivity index (χ2n) is 7.86. The number of halogens is 1. The van der Waals surface area contributed by atoms with Gasteiger partial charge in [0.25, 0.3) is 0 Å². The van der Waals surface area contributed by atoms with E-state index in [4.69, 9.17) is 4.98 Å². The SMILES string of the molecule is Cc1nnc2c3ccccc3nc(N3CCCN(C(=O)Cc4ccc(F)cc4)CC3)n12.